The van der Waals surface area contributed by atoms with Crippen molar-refractivity contribution >= 4 is 29.1 Å². The lowest BCUT2D eigenvalue weighted by Gasteiger charge is -2.22. The maximum atomic E-state index is 11.9. The summed E-state index contributed by atoms with van der Waals surface area (Å²) >= 11 is 11.4. The molecule has 0 radical (unpaired) electrons. The zero-order chi connectivity index (χ0) is 13.7. The summed E-state index contributed by atoms with van der Waals surface area (Å²) in [6.45, 7) is 1.74. The van der Waals surface area contributed by atoms with Gasteiger partial charge in [0.15, 0.2) is 16.6 Å². The van der Waals surface area contributed by atoms with E-state index >= 15 is 0 Å². The molecule has 18 heavy (non-hydrogen) atoms. The second-order valence-electron chi connectivity index (χ2n) is 3.47. The molecule has 0 aliphatic heterocycles. The third-order valence-corrected chi connectivity index (χ3v) is 2.66. The van der Waals surface area contributed by atoms with Gasteiger partial charge in [-0.05, 0) is 13.0 Å². The molecule has 1 N–H and O–H groups in total. The van der Waals surface area contributed by atoms with Crippen LogP contribution in [0.1, 0.15) is 17.3 Å². The fraction of sp³-hybridized carbons (Fsp3) is 0.500. The van der Waals surface area contributed by atoms with Gasteiger partial charge in [-0.1, -0.05) is 23.2 Å². The molecule has 1 aromatic rings. The molecule has 0 saturated heterocycles. The van der Waals surface area contributed by atoms with Crippen molar-refractivity contribution in [2.24, 2.45) is 0 Å². The summed E-state index contributed by atoms with van der Waals surface area (Å²) in [5, 5.41) is 9.81. The Labute approximate surface area is 115 Å². The summed E-state index contributed by atoms with van der Waals surface area (Å²) in [4.78, 5) is 11.9. The zero-order valence-electron chi connectivity index (χ0n) is 10.1. The number of rotatable bonds is 5. The van der Waals surface area contributed by atoms with E-state index in [2.05, 4.69) is 15.5 Å². The topological polar surface area (TPSA) is 73.3 Å². The van der Waals surface area contributed by atoms with Crippen molar-refractivity contribution in [1.29, 1.82) is 0 Å². The van der Waals surface area contributed by atoms with Crippen LogP contribution in [0.2, 0.25) is 10.3 Å². The summed E-state index contributed by atoms with van der Waals surface area (Å²) in [6, 6.07) is 0.976. The summed E-state index contributed by atoms with van der Waals surface area (Å²) in [5.74, 6) is -0.427. The van der Waals surface area contributed by atoms with Gasteiger partial charge in [0.05, 0.1) is 11.6 Å². The van der Waals surface area contributed by atoms with Gasteiger partial charge in [-0.15, -0.1) is 10.2 Å². The van der Waals surface area contributed by atoms with Crippen molar-refractivity contribution in [1.82, 2.24) is 15.5 Å². The van der Waals surface area contributed by atoms with E-state index in [0.717, 1.165) is 0 Å². The van der Waals surface area contributed by atoms with E-state index < -0.39 is 12.2 Å². The zero-order valence-corrected chi connectivity index (χ0v) is 11.6. The molecule has 0 aliphatic carbocycles. The molecule has 100 valence electrons. The molecular formula is C10H13Cl2N3O3. The fourth-order valence-electron chi connectivity index (χ4n) is 1.37. The van der Waals surface area contributed by atoms with Crippen LogP contribution in [-0.2, 0) is 9.47 Å². The summed E-state index contributed by atoms with van der Waals surface area (Å²) in [7, 11) is 2.96. The van der Waals surface area contributed by atoms with Gasteiger partial charge in [0.25, 0.3) is 5.91 Å². The highest BCUT2D eigenvalue weighted by molar-refractivity contribution is 6.34. The third-order valence-electron chi connectivity index (χ3n) is 2.20. The van der Waals surface area contributed by atoms with Gasteiger partial charge < -0.3 is 14.8 Å². The van der Waals surface area contributed by atoms with Gasteiger partial charge >= 0.3 is 0 Å². The number of nitrogens with zero attached hydrogens (tertiary/aromatic N) is 2. The number of halogens is 2. The molecule has 1 atom stereocenters. The monoisotopic (exact) mass is 293 g/mol. The summed E-state index contributed by atoms with van der Waals surface area (Å²) in [6.07, 6.45) is -0.557. The number of hydrogen-bond acceptors (Lipinski definition) is 5. The van der Waals surface area contributed by atoms with E-state index in [1.165, 1.54) is 20.3 Å². The molecule has 0 fully saturated rings. The van der Waals surface area contributed by atoms with E-state index in [4.69, 9.17) is 32.7 Å². The maximum Gasteiger partial charge on any atom is 0.254 e. The molecule has 1 rings (SSSR count). The average molecular weight is 294 g/mol. The van der Waals surface area contributed by atoms with Crippen LogP contribution in [0.5, 0.6) is 0 Å². The second kappa shape index (κ2) is 6.84. The van der Waals surface area contributed by atoms with Crippen LogP contribution in [0.25, 0.3) is 0 Å². The molecule has 0 aliphatic rings. The van der Waals surface area contributed by atoms with Crippen LogP contribution < -0.4 is 5.32 Å². The van der Waals surface area contributed by atoms with Crippen LogP contribution >= 0.6 is 23.2 Å². The van der Waals surface area contributed by atoms with Crippen LogP contribution in [0.15, 0.2) is 6.07 Å². The number of carbonyl (C=O) groups excluding carboxylic acids is 1. The Hall–Kier alpha value is -0.950. The molecule has 0 aromatic carbocycles. The van der Waals surface area contributed by atoms with E-state index in [9.17, 15) is 4.79 Å². The van der Waals surface area contributed by atoms with Crippen molar-refractivity contribution in [3.8, 4) is 0 Å². The molecule has 1 unspecified atom stereocenters. The standard InChI is InChI=1S/C10H13Cl2N3O3/c1-5(10(17-2)18-3)13-9(16)6-4-7(11)14-15-8(6)12/h4-5,10H,1-3H3,(H,13,16). The van der Waals surface area contributed by atoms with Crippen LogP contribution in [0.3, 0.4) is 0 Å². The second-order valence-corrected chi connectivity index (χ2v) is 4.22. The molecule has 1 amide bonds. The normalized spacial score (nSPS) is 12.6. The Bertz CT molecular complexity index is 427. The molecule has 0 bridgehead atoms. The van der Waals surface area contributed by atoms with Crippen molar-refractivity contribution < 1.29 is 14.3 Å². The minimum atomic E-state index is -0.557. The lowest BCUT2D eigenvalue weighted by Crippen LogP contribution is -2.43. The third kappa shape index (κ3) is 3.78. The first-order valence-electron chi connectivity index (χ1n) is 5.04. The number of amides is 1. The Kier molecular flexibility index (Phi) is 5.74. The number of ether oxygens (including phenoxy) is 2. The van der Waals surface area contributed by atoms with Crippen LogP contribution in [0.4, 0.5) is 0 Å². The highest BCUT2D eigenvalue weighted by Gasteiger charge is 2.21. The first kappa shape index (κ1) is 15.1. The Morgan fingerprint density at radius 1 is 1.33 bits per heavy atom. The molecule has 1 aromatic heterocycles. The molecule has 1 heterocycles. The largest absolute Gasteiger partial charge is 0.354 e. The SMILES string of the molecule is COC(OC)C(C)NC(=O)c1cc(Cl)nnc1Cl. The van der Waals surface area contributed by atoms with Gasteiger partial charge in [0, 0.05) is 14.2 Å². The first-order valence-corrected chi connectivity index (χ1v) is 5.80. The predicted octanol–water partition coefficient (Wildman–Crippen LogP) is 1.52. The molecule has 8 heteroatoms. The fourth-order valence-corrected chi connectivity index (χ4v) is 1.69. The quantitative estimate of drug-likeness (QED) is 0.833. The maximum absolute atomic E-state index is 11.9. The molecule has 6 nitrogen and oxygen atoms in total. The molecule has 0 saturated carbocycles. The number of methoxy groups -OCH3 is 2. The number of nitrogens with one attached hydrogen (secondary N) is 1. The highest BCUT2D eigenvalue weighted by Crippen LogP contribution is 2.15. The van der Waals surface area contributed by atoms with Crippen molar-refractivity contribution in [2.75, 3.05) is 14.2 Å². The van der Waals surface area contributed by atoms with Gasteiger partial charge in [0.1, 0.15) is 0 Å². The Morgan fingerprint density at radius 3 is 2.50 bits per heavy atom. The van der Waals surface area contributed by atoms with Crippen LogP contribution in [0, 0.1) is 0 Å². The molecule has 0 spiro atoms. The lowest BCUT2D eigenvalue weighted by molar-refractivity contribution is -0.117. The first-order chi connectivity index (χ1) is 8.49. The Balaban J connectivity index is 2.79. The van der Waals surface area contributed by atoms with Gasteiger partial charge in [-0.2, -0.15) is 0 Å². The van der Waals surface area contributed by atoms with E-state index in [1.54, 1.807) is 6.92 Å². The predicted molar refractivity (Wildman–Crippen MR) is 66.8 cm³/mol. The minimum absolute atomic E-state index is 0.0181. The van der Waals surface area contributed by atoms with Gasteiger partial charge in [-0.3, -0.25) is 4.79 Å². The minimum Gasteiger partial charge on any atom is -0.354 e. The smallest absolute Gasteiger partial charge is 0.254 e. The Morgan fingerprint density at radius 2 is 1.94 bits per heavy atom. The van der Waals surface area contributed by atoms with Gasteiger partial charge in [0.2, 0.25) is 0 Å². The van der Waals surface area contributed by atoms with Crippen molar-refractivity contribution in [2.45, 2.75) is 19.3 Å². The number of hydrogen-bond donors (Lipinski definition) is 1. The average Bonchev–Trinajstić information content (AvgIpc) is 2.33. The summed E-state index contributed by atoms with van der Waals surface area (Å²) < 4.78 is 10.1. The van der Waals surface area contributed by atoms with E-state index in [-0.39, 0.29) is 21.9 Å². The van der Waals surface area contributed by atoms with E-state index in [0.29, 0.717) is 0 Å². The van der Waals surface area contributed by atoms with Crippen molar-refractivity contribution in [3.63, 3.8) is 0 Å². The highest BCUT2D eigenvalue weighted by atomic mass is 35.5. The summed E-state index contributed by atoms with van der Waals surface area (Å²) in [5.41, 5.74) is 0.148. The van der Waals surface area contributed by atoms with Crippen molar-refractivity contribution in [3.05, 3.63) is 21.9 Å². The number of aromatic nitrogens is 2. The van der Waals surface area contributed by atoms with Crippen LogP contribution in [-0.4, -0.2) is 42.7 Å². The van der Waals surface area contributed by atoms with E-state index in [1.807, 2.05) is 0 Å². The van der Waals surface area contributed by atoms with Gasteiger partial charge in [-0.25, -0.2) is 0 Å². The lowest BCUT2D eigenvalue weighted by atomic mass is 10.2. The molecular weight excluding hydrogens is 281 g/mol. The number of carbonyl (C=O) groups is 1.